The van der Waals surface area contributed by atoms with Gasteiger partial charge in [0, 0.05) is 23.5 Å². The Hall–Kier alpha value is -1.27. The van der Waals surface area contributed by atoms with Crippen molar-refractivity contribution in [2.24, 2.45) is 0 Å². The molecule has 27 heavy (non-hydrogen) atoms. The summed E-state index contributed by atoms with van der Waals surface area (Å²) in [6.45, 7) is 0. The molecule has 0 saturated carbocycles. The number of rotatable bonds is 3. The van der Waals surface area contributed by atoms with Crippen LogP contribution < -0.4 is 0 Å². The molecule has 0 fully saturated rings. The van der Waals surface area contributed by atoms with Crippen LogP contribution in [-0.2, 0) is 0 Å². The predicted molar refractivity (Wildman–Crippen MR) is 112 cm³/mol. The molecule has 0 aliphatic carbocycles. The summed E-state index contributed by atoms with van der Waals surface area (Å²) in [4.78, 5) is 15.4. The van der Waals surface area contributed by atoms with Gasteiger partial charge < -0.3 is 0 Å². The Morgan fingerprint density at radius 2 is 1.00 bits per heavy atom. The van der Waals surface area contributed by atoms with E-state index in [0.29, 0.717) is 11.1 Å². The minimum Gasteiger partial charge on any atom is -0.263 e. The molecule has 3 aromatic rings. The first-order valence-corrected chi connectivity index (χ1v) is 9.39. The summed E-state index contributed by atoms with van der Waals surface area (Å²) in [5.74, 6) is 0. The van der Waals surface area contributed by atoms with Gasteiger partial charge in [-0.1, -0.05) is 69.6 Å². The fourth-order valence-electron chi connectivity index (χ4n) is 2.50. The van der Waals surface area contributed by atoms with Crippen molar-refractivity contribution >= 4 is 75.3 Å². The van der Waals surface area contributed by atoms with Gasteiger partial charge in [-0.2, -0.15) is 0 Å². The molecule has 0 atom stereocenters. The van der Waals surface area contributed by atoms with Crippen LogP contribution in [0.2, 0.25) is 30.1 Å². The number of nitro groups is 1. The molecule has 0 radical (unpaired) electrons. The maximum atomic E-state index is 11.9. The Labute approximate surface area is 183 Å². The van der Waals surface area contributed by atoms with E-state index in [-0.39, 0.29) is 47.0 Å². The Bertz CT molecular complexity index is 1010. The molecule has 10 heteroatoms. The van der Waals surface area contributed by atoms with E-state index in [1.165, 1.54) is 36.7 Å². The fourth-order valence-corrected chi connectivity index (χ4v) is 3.80. The van der Waals surface area contributed by atoms with Gasteiger partial charge in [-0.15, -0.1) is 0 Å². The Morgan fingerprint density at radius 1 is 0.630 bits per heavy atom. The first-order valence-electron chi connectivity index (χ1n) is 7.13. The fraction of sp³-hybridized carbons (Fsp3) is 0. The highest BCUT2D eigenvalue weighted by atomic mass is 35.5. The number of pyridine rings is 1. The van der Waals surface area contributed by atoms with E-state index in [1.807, 2.05) is 0 Å². The Kier molecular flexibility index (Phi) is 6.06. The highest BCUT2D eigenvalue weighted by Gasteiger charge is 2.26. The van der Waals surface area contributed by atoms with Crippen molar-refractivity contribution in [2.75, 3.05) is 0 Å². The monoisotopic (exact) mass is 480 g/mol. The number of nitrogens with zero attached hydrogens (tertiary/aromatic N) is 2. The Morgan fingerprint density at radius 3 is 1.37 bits per heavy atom. The van der Waals surface area contributed by atoms with Crippen LogP contribution in [0.3, 0.4) is 0 Å². The molecule has 4 nitrogen and oxygen atoms in total. The van der Waals surface area contributed by atoms with E-state index in [4.69, 9.17) is 69.6 Å². The van der Waals surface area contributed by atoms with Gasteiger partial charge in [0.1, 0.15) is 0 Å². The summed E-state index contributed by atoms with van der Waals surface area (Å²) in [6, 6.07) is 5.69. The van der Waals surface area contributed by atoms with Crippen LogP contribution >= 0.6 is 69.6 Å². The molecule has 3 rings (SSSR count). The van der Waals surface area contributed by atoms with Crippen molar-refractivity contribution in [1.82, 2.24) is 4.98 Å². The molecule has 1 heterocycles. The second-order valence-electron chi connectivity index (χ2n) is 5.33. The van der Waals surface area contributed by atoms with Gasteiger partial charge in [0.05, 0.1) is 46.2 Å². The van der Waals surface area contributed by atoms with Gasteiger partial charge in [0.15, 0.2) is 0 Å². The maximum absolute atomic E-state index is 11.9. The van der Waals surface area contributed by atoms with E-state index in [0.717, 1.165) is 0 Å². The molecular weight excluding hydrogens is 477 g/mol. The van der Waals surface area contributed by atoms with Gasteiger partial charge in [0.2, 0.25) is 0 Å². The van der Waals surface area contributed by atoms with Crippen LogP contribution in [0, 0.1) is 10.1 Å². The molecule has 0 bridgehead atoms. The molecule has 2 aromatic carbocycles. The second kappa shape index (κ2) is 8.00. The van der Waals surface area contributed by atoms with Gasteiger partial charge in [-0.25, -0.2) is 0 Å². The topological polar surface area (TPSA) is 56.0 Å². The van der Waals surface area contributed by atoms with Crippen molar-refractivity contribution in [3.8, 4) is 22.3 Å². The lowest BCUT2D eigenvalue weighted by atomic mass is 9.99. The zero-order valence-corrected chi connectivity index (χ0v) is 17.5. The summed E-state index contributed by atoms with van der Waals surface area (Å²) >= 11 is 36.5. The third-order valence-electron chi connectivity index (χ3n) is 3.70. The zero-order valence-electron chi connectivity index (χ0n) is 12.9. The second-order valence-corrected chi connectivity index (χ2v) is 7.78. The number of hydrogen-bond donors (Lipinski definition) is 0. The van der Waals surface area contributed by atoms with E-state index >= 15 is 0 Å². The van der Waals surface area contributed by atoms with Crippen molar-refractivity contribution in [2.45, 2.75) is 0 Å². The number of hydrogen-bond acceptors (Lipinski definition) is 3. The standard InChI is InChI=1S/C17H6Cl6N2O2/c18-11-3-15(22)13(20)1-7(11)9-5-24-6-10(17(9)25(26)27)8-2-14(21)16(23)4-12(8)19/h1-6H. The quantitative estimate of drug-likeness (QED) is 0.214. The van der Waals surface area contributed by atoms with E-state index in [9.17, 15) is 10.1 Å². The lowest BCUT2D eigenvalue weighted by molar-refractivity contribution is -0.383. The summed E-state index contributed by atoms with van der Waals surface area (Å²) < 4.78 is 0. The molecule has 0 aliphatic rings. The van der Waals surface area contributed by atoms with Crippen molar-refractivity contribution in [3.05, 3.63) is 76.9 Å². The molecule has 0 unspecified atom stereocenters. The van der Waals surface area contributed by atoms with Gasteiger partial charge in [-0.3, -0.25) is 15.1 Å². The molecule has 0 amide bonds. The molecule has 0 N–H and O–H groups in total. The van der Waals surface area contributed by atoms with Gasteiger partial charge in [0.25, 0.3) is 5.69 Å². The van der Waals surface area contributed by atoms with E-state index < -0.39 is 4.92 Å². The van der Waals surface area contributed by atoms with Crippen molar-refractivity contribution < 1.29 is 4.92 Å². The minimum atomic E-state index is -0.552. The van der Waals surface area contributed by atoms with Gasteiger partial charge >= 0.3 is 0 Å². The van der Waals surface area contributed by atoms with Crippen LogP contribution in [0.5, 0.6) is 0 Å². The first-order chi connectivity index (χ1) is 12.7. The number of halogens is 6. The zero-order chi connectivity index (χ0) is 19.9. The third-order valence-corrected chi connectivity index (χ3v) is 5.77. The normalized spacial score (nSPS) is 10.9. The van der Waals surface area contributed by atoms with Crippen LogP contribution in [0.1, 0.15) is 0 Å². The highest BCUT2D eigenvalue weighted by Crippen LogP contribution is 2.45. The molecule has 0 saturated heterocycles. The predicted octanol–water partition coefficient (Wildman–Crippen LogP) is 8.24. The molecule has 0 aliphatic heterocycles. The average molecular weight is 483 g/mol. The minimum absolute atomic E-state index is 0.156. The van der Waals surface area contributed by atoms with Gasteiger partial charge in [-0.05, 0) is 24.3 Å². The summed E-state index contributed by atoms with van der Waals surface area (Å²) in [5.41, 5.74) is 0.670. The number of aromatic nitrogens is 1. The van der Waals surface area contributed by atoms with Crippen LogP contribution in [0.4, 0.5) is 5.69 Å². The van der Waals surface area contributed by atoms with Crippen LogP contribution in [-0.4, -0.2) is 9.91 Å². The first kappa shape index (κ1) is 20.5. The third kappa shape index (κ3) is 3.97. The summed E-state index contributed by atoms with van der Waals surface area (Å²) in [6.07, 6.45) is 2.64. The molecule has 138 valence electrons. The maximum Gasteiger partial charge on any atom is 0.288 e. The molecule has 1 aromatic heterocycles. The summed E-state index contributed by atoms with van der Waals surface area (Å²) in [7, 11) is 0. The SMILES string of the molecule is O=[N+]([O-])c1c(-c2cc(Cl)c(Cl)cc2Cl)cncc1-c1cc(Cl)c(Cl)cc1Cl. The number of benzene rings is 2. The van der Waals surface area contributed by atoms with Crippen LogP contribution in [0.15, 0.2) is 36.7 Å². The molecular formula is C17H6Cl6N2O2. The average Bonchev–Trinajstić information content (AvgIpc) is 2.60. The lowest BCUT2D eigenvalue weighted by Gasteiger charge is -2.12. The lowest BCUT2D eigenvalue weighted by Crippen LogP contribution is -1.98. The largest absolute Gasteiger partial charge is 0.288 e. The Balaban J connectivity index is 2.35. The van der Waals surface area contributed by atoms with E-state index in [2.05, 4.69) is 4.98 Å². The van der Waals surface area contributed by atoms with Crippen molar-refractivity contribution in [3.63, 3.8) is 0 Å². The molecule has 0 spiro atoms. The summed E-state index contributed by atoms with van der Waals surface area (Å²) in [5, 5.41) is 13.1. The van der Waals surface area contributed by atoms with E-state index in [1.54, 1.807) is 0 Å². The smallest absolute Gasteiger partial charge is 0.263 e. The van der Waals surface area contributed by atoms with Crippen molar-refractivity contribution in [1.29, 1.82) is 0 Å². The highest BCUT2D eigenvalue weighted by molar-refractivity contribution is 6.45. The van der Waals surface area contributed by atoms with Crippen LogP contribution in [0.25, 0.3) is 22.3 Å².